The number of sulfone groups is 1. The fourth-order valence-electron chi connectivity index (χ4n) is 5.99. The van der Waals surface area contributed by atoms with E-state index in [2.05, 4.69) is 15.3 Å². The molecular weight excluding hydrogens is 639 g/mol. The van der Waals surface area contributed by atoms with Gasteiger partial charge in [0.05, 0.1) is 22.8 Å². The van der Waals surface area contributed by atoms with Gasteiger partial charge in [0.1, 0.15) is 11.4 Å². The van der Waals surface area contributed by atoms with Crippen LogP contribution in [0.5, 0.6) is 11.6 Å². The summed E-state index contributed by atoms with van der Waals surface area (Å²) in [6.45, 7) is 8.66. The summed E-state index contributed by atoms with van der Waals surface area (Å²) >= 11 is 0. The number of likely N-dealkylation sites (tertiary alicyclic amines) is 1. The zero-order valence-electron chi connectivity index (χ0n) is 28.2. The number of carbonyl (C=O) groups is 1. The summed E-state index contributed by atoms with van der Waals surface area (Å²) in [4.78, 5) is 28.2. The van der Waals surface area contributed by atoms with Crippen LogP contribution in [-0.4, -0.2) is 59.1 Å². The molecule has 0 unspecified atom stereocenters. The molecule has 3 heterocycles. The molecule has 3 aromatic carbocycles. The molecule has 11 heteroatoms. The molecule has 1 amide bonds. The lowest BCUT2D eigenvalue weighted by atomic mass is 10.0. The highest BCUT2D eigenvalue weighted by molar-refractivity contribution is 7.89. The van der Waals surface area contributed by atoms with E-state index in [1.807, 2.05) is 100 Å². The molecule has 5 aromatic rings. The summed E-state index contributed by atoms with van der Waals surface area (Å²) in [5.74, 6) is 1.26. The van der Waals surface area contributed by atoms with Gasteiger partial charge >= 0.3 is 6.09 Å². The number of nitrogens with zero attached hydrogens (tertiary/aromatic N) is 4. The summed E-state index contributed by atoms with van der Waals surface area (Å²) in [7, 11) is -3.43. The van der Waals surface area contributed by atoms with E-state index in [0.717, 1.165) is 34.7 Å². The SMILES string of the molecule is Cc1ccc2c(CS(=O)(=O)Cc3ccccc3)cccc2c1Oc1ncccc1-c1ccnc(N[C@H]2CCCN(C(=O)OC(C)(C)C)C2)n1. The zero-order valence-corrected chi connectivity index (χ0v) is 29.0. The fourth-order valence-corrected chi connectivity index (χ4v) is 7.52. The van der Waals surface area contributed by atoms with Crippen molar-refractivity contribution in [3.63, 3.8) is 0 Å². The highest BCUT2D eigenvalue weighted by atomic mass is 32.2. The molecule has 0 radical (unpaired) electrons. The van der Waals surface area contributed by atoms with E-state index in [4.69, 9.17) is 14.5 Å². The van der Waals surface area contributed by atoms with Gasteiger partial charge in [-0.1, -0.05) is 60.7 Å². The molecule has 0 aliphatic carbocycles. The Bertz CT molecular complexity index is 2060. The van der Waals surface area contributed by atoms with Gasteiger partial charge in [-0.25, -0.2) is 28.2 Å². The standard InChI is InChI=1S/C38H41N5O5S/c1-26-17-18-30-28(25-49(45,46)24-27-11-6-5-7-12-27)13-8-15-31(30)34(26)47-35-32(16-9-20-39-35)33-19-21-40-36(42-33)41-29-14-10-22-43(23-29)37(44)48-38(2,3)4/h5-9,11-13,15-21,29H,10,14,22-25H2,1-4H3,(H,40,41,42)/t29-/m0/s1. The van der Waals surface area contributed by atoms with Crippen LogP contribution in [0, 0.1) is 6.92 Å². The van der Waals surface area contributed by atoms with E-state index < -0.39 is 15.4 Å². The maximum absolute atomic E-state index is 13.2. The highest BCUT2D eigenvalue weighted by Crippen LogP contribution is 2.38. The molecule has 0 bridgehead atoms. The molecule has 1 fully saturated rings. The minimum Gasteiger partial charge on any atom is -0.444 e. The molecule has 49 heavy (non-hydrogen) atoms. The average Bonchev–Trinajstić information content (AvgIpc) is 3.06. The Morgan fingerprint density at radius 3 is 2.53 bits per heavy atom. The van der Waals surface area contributed by atoms with Crippen molar-refractivity contribution in [3.8, 4) is 22.9 Å². The maximum atomic E-state index is 13.2. The van der Waals surface area contributed by atoms with Crippen molar-refractivity contribution in [2.75, 3.05) is 18.4 Å². The molecule has 1 aliphatic heterocycles. The minimum absolute atomic E-state index is 0.0325. The summed E-state index contributed by atoms with van der Waals surface area (Å²) in [6, 6.07) is 24.2. The Morgan fingerprint density at radius 2 is 1.73 bits per heavy atom. The van der Waals surface area contributed by atoms with Gasteiger partial charge in [-0.3, -0.25) is 0 Å². The molecule has 2 aromatic heterocycles. The van der Waals surface area contributed by atoms with Crippen LogP contribution >= 0.6 is 0 Å². The topological polar surface area (TPSA) is 124 Å². The Hall–Kier alpha value is -5.03. The Morgan fingerprint density at radius 1 is 0.918 bits per heavy atom. The third-order valence-corrected chi connectivity index (χ3v) is 9.74. The quantitative estimate of drug-likeness (QED) is 0.167. The second kappa shape index (κ2) is 14.2. The number of aromatic nitrogens is 3. The number of anilines is 1. The van der Waals surface area contributed by atoms with Crippen molar-refractivity contribution in [1.29, 1.82) is 0 Å². The fraction of sp³-hybridized carbons (Fsp3) is 0.316. The molecule has 6 rings (SSSR count). The predicted octanol–water partition coefficient (Wildman–Crippen LogP) is 7.72. The number of benzene rings is 3. The molecule has 1 N–H and O–H groups in total. The number of nitrogens with one attached hydrogen (secondary N) is 1. The van der Waals surface area contributed by atoms with Gasteiger partial charge in [-0.05, 0) is 80.8 Å². The minimum atomic E-state index is -3.43. The normalized spacial score (nSPS) is 15.2. The van der Waals surface area contributed by atoms with Crippen LogP contribution in [0.3, 0.4) is 0 Å². The summed E-state index contributed by atoms with van der Waals surface area (Å²) < 4.78 is 38.6. The number of aryl methyl sites for hydroxylation is 1. The predicted molar refractivity (Wildman–Crippen MR) is 191 cm³/mol. The second-order valence-corrected chi connectivity index (χ2v) is 15.4. The van der Waals surface area contributed by atoms with Gasteiger partial charge in [0.15, 0.2) is 9.84 Å². The van der Waals surface area contributed by atoms with Crippen molar-refractivity contribution in [3.05, 3.63) is 108 Å². The summed E-state index contributed by atoms with van der Waals surface area (Å²) in [5.41, 5.74) is 3.07. The van der Waals surface area contributed by atoms with Crippen LogP contribution in [0.2, 0.25) is 0 Å². The van der Waals surface area contributed by atoms with Crippen LogP contribution in [0.15, 0.2) is 91.3 Å². The average molecular weight is 680 g/mol. The van der Waals surface area contributed by atoms with E-state index in [1.54, 1.807) is 23.4 Å². The van der Waals surface area contributed by atoms with E-state index in [9.17, 15) is 13.2 Å². The molecule has 10 nitrogen and oxygen atoms in total. The zero-order chi connectivity index (χ0) is 34.6. The second-order valence-electron chi connectivity index (χ2n) is 13.4. The van der Waals surface area contributed by atoms with E-state index >= 15 is 0 Å². The first-order valence-corrected chi connectivity index (χ1v) is 18.2. The lowest BCUT2D eigenvalue weighted by Gasteiger charge is -2.34. The Balaban J connectivity index is 1.23. The van der Waals surface area contributed by atoms with Crippen molar-refractivity contribution in [2.45, 2.75) is 63.7 Å². The Kier molecular flexibility index (Phi) is 9.82. The number of rotatable bonds is 9. The first-order chi connectivity index (χ1) is 23.4. The van der Waals surface area contributed by atoms with Crippen molar-refractivity contribution in [1.82, 2.24) is 19.9 Å². The number of piperidine rings is 1. The summed E-state index contributed by atoms with van der Waals surface area (Å²) in [6.07, 6.45) is 4.72. The number of hydrogen-bond donors (Lipinski definition) is 1. The molecule has 0 spiro atoms. The molecule has 0 saturated carbocycles. The van der Waals surface area contributed by atoms with Gasteiger partial charge < -0.3 is 19.7 Å². The van der Waals surface area contributed by atoms with Crippen molar-refractivity contribution >= 4 is 32.7 Å². The third kappa shape index (κ3) is 8.53. The molecule has 1 saturated heterocycles. The van der Waals surface area contributed by atoms with Gasteiger partial charge in [-0.15, -0.1) is 0 Å². The van der Waals surface area contributed by atoms with Gasteiger partial charge in [0, 0.05) is 36.9 Å². The number of fused-ring (bicyclic) bond motifs is 1. The van der Waals surface area contributed by atoms with E-state index in [0.29, 0.717) is 47.5 Å². The largest absolute Gasteiger partial charge is 0.444 e. The molecule has 1 aliphatic rings. The highest BCUT2D eigenvalue weighted by Gasteiger charge is 2.28. The van der Waals surface area contributed by atoms with E-state index in [1.165, 1.54) is 0 Å². The van der Waals surface area contributed by atoms with Crippen molar-refractivity contribution < 1.29 is 22.7 Å². The van der Waals surface area contributed by atoms with E-state index in [-0.39, 0.29) is 23.6 Å². The van der Waals surface area contributed by atoms with Crippen LogP contribution in [-0.2, 0) is 26.1 Å². The first-order valence-electron chi connectivity index (χ1n) is 16.4. The molecular formula is C38H41N5O5S. The number of carbonyl (C=O) groups excluding carboxylic acids is 1. The van der Waals surface area contributed by atoms with Crippen LogP contribution < -0.4 is 10.1 Å². The molecule has 1 atom stereocenters. The monoisotopic (exact) mass is 679 g/mol. The smallest absolute Gasteiger partial charge is 0.410 e. The molecule has 254 valence electrons. The van der Waals surface area contributed by atoms with Gasteiger partial charge in [-0.2, -0.15) is 0 Å². The van der Waals surface area contributed by atoms with Crippen LogP contribution in [0.1, 0.15) is 50.3 Å². The van der Waals surface area contributed by atoms with Crippen molar-refractivity contribution in [2.24, 2.45) is 0 Å². The van der Waals surface area contributed by atoms with Gasteiger partial charge in [0.25, 0.3) is 0 Å². The number of amides is 1. The third-order valence-electron chi connectivity index (χ3n) is 8.21. The first kappa shape index (κ1) is 33.9. The van der Waals surface area contributed by atoms with Crippen LogP contribution in [0.25, 0.3) is 22.0 Å². The Labute approximate surface area is 287 Å². The number of hydrogen-bond acceptors (Lipinski definition) is 9. The summed E-state index contributed by atoms with van der Waals surface area (Å²) in [5, 5.41) is 5.00. The number of pyridine rings is 1. The lowest BCUT2D eigenvalue weighted by Crippen LogP contribution is -2.47. The lowest BCUT2D eigenvalue weighted by molar-refractivity contribution is 0.0206. The van der Waals surface area contributed by atoms with Crippen LogP contribution in [0.4, 0.5) is 10.7 Å². The van der Waals surface area contributed by atoms with Gasteiger partial charge in [0.2, 0.25) is 11.8 Å². The maximum Gasteiger partial charge on any atom is 0.410 e. The number of ether oxygens (including phenoxy) is 2.